The van der Waals surface area contributed by atoms with E-state index in [0.717, 1.165) is 10.6 Å². The smallest absolute Gasteiger partial charge is 0.352 e. The Hall–Kier alpha value is -2.92. The van der Waals surface area contributed by atoms with Gasteiger partial charge in [0.2, 0.25) is 0 Å². The Morgan fingerprint density at radius 1 is 1.42 bits per heavy atom. The average molecular weight is 379 g/mol. The molecule has 26 heavy (non-hydrogen) atoms. The maximum absolute atomic E-state index is 13.9. The molecule has 134 valence electrons. The molecule has 0 bridgehead atoms. The molecule has 9 heteroatoms. The van der Waals surface area contributed by atoms with Crippen molar-refractivity contribution in [1.82, 2.24) is 19.6 Å². The van der Waals surface area contributed by atoms with E-state index in [4.69, 9.17) is 22.8 Å². The standard InChI is InChI=1S/C17H13ClF2N4O2/c1-4-5-26-16-21-15-12(9-6-10(18)13(20)11(19)7-9)14(8(2)3)23-24(15)17(25)22-16/h1,6-8H,5H2,2-3H3,(H,21,22,25). The van der Waals surface area contributed by atoms with Gasteiger partial charge in [-0.3, -0.25) is 4.98 Å². The third-order valence-corrected chi connectivity index (χ3v) is 3.89. The normalized spacial score (nSPS) is 11.1. The molecule has 3 rings (SSSR count). The summed E-state index contributed by atoms with van der Waals surface area (Å²) in [6, 6.07) is 2.13. The third kappa shape index (κ3) is 3.02. The van der Waals surface area contributed by atoms with Crippen molar-refractivity contribution in [3.05, 3.63) is 45.0 Å². The molecule has 0 atom stereocenters. The second kappa shape index (κ2) is 6.77. The fourth-order valence-electron chi connectivity index (χ4n) is 2.50. The number of hydrogen-bond donors (Lipinski definition) is 1. The highest BCUT2D eigenvalue weighted by molar-refractivity contribution is 6.31. The van der Waals surface area contributed by atoms with Gasteiger partial charge in [0.1, 0.15) is 0 Å². The van der Waals surface area contributed by atoms with Crippen LogP contribution in [-0.2, 0) is 0 Å². The first-order valence-corrected chi connectivity index (χ1v) is 7.95. The van der Waals surface area contributed by atoms with Gasteiger partial charge >= 0.3 is 11.7 Å². The summed E-state index contributed by atoms with van der Waals surface area (Å²) in [7, 11) is 0. The molecule has 1 aromatic carbocycles. The van der Waals surface area contributed by atoms with Gasteiger partial charge in [-0.1, -0.05) is 31.4 Å². The van der Waals surface area contributed by atoms with Gasteiger partial charge in [0.15, 0.2) is 23.9 Å². The number of rotatable bonds is 4. The summed E-state index contributed by atoms with van der Waals surface area (Å²) in [6.07, 6.45) is 5.14. The van der Waals surface area contributed by atoms with Gasteiger partial charge in [-0.05, 0) is 23.6 Å². The summed E-state index contributed by atoms with van der Waals surface area (Å²) >= 11 is 5.77. The van der Waals surface area contributed by atoms with E-state index in [2.05, 4.69) is 21.0 Å². The van der Waals surface area contributed by atoms with E-state index in [1.807, 2.05) is 13.8 Å². The molecule has 0 unspecified atom stereocenters. The van der Waals surface area contributed by atoms with Crippen molar-refractivity contribution >= 4 is 17.2 Å². The number of aromatic amines is 1. The summed E-state index contributed by atoms with van der Waals surface area (Å²) in [5, 5.41) is 3.86. The quantitative estimate of drug-likeness (QED) is 0.559. The zero-order chi connectivity index (χ0) is 19.0. The van der Waals surface area contributed by atoms with Gasteiger partial charge < -0.3 is 4.74 Å². The Balaban J connectivity index is 2.35. The van der Waals surface area contributed by atoms with Crippen molar-refractivity contribution in [2.75, 3.05) is 6.61 Å². The van der Waals surface area contributed by atoms with Crippen molar-refractivity contribution in [2.45, 2.75) is 19.8 Å². The lowest BCUT2D eigenvalue weighted by atomic mass is 9.99. The molecule has 0 saturated heterocycles. The molecule has 1 N–H and O–H groups in total. The number of H-pyrrole nitrogens is 1. The molecular weight excluding hydrogens is 366 g/mol. The van der Waals surface area contributed by atoms with Crippen molar-refractivity contribution < 1.29 is 13.5 Å². The molecule has 0 aliphatic rings. The summed E-state index contributed by atoms with van der Waals surface area (Å²) in [4.78, 5) is 18.9. The minimum Gasteiger partial charge on any atom is -0.451 e. The van der Waals surface area contributed by atoms with Gasteiger partial charge in [0.25, 0.3) is 0 Å². The fourth-order valence-corrected chi connectivity index (χ4v) is 2.71. The maximum Gasteiger partial charge on any atom is 0.352 e. The zero-order valence-corrected chi connectivity index (χ0v) is 14.6. The Morgan fingerprint density at radius 2 is 2.15 bits per heavy atom. The van der Waals surface area contributed by atoms with Crippen molar-refractivity contribution in [3.63, 3.8) is 0 Å². The second-order valence-corrected chi connectivity index (χ2v) is 6.15. The largest absolute Gasteiger partial charge is 0.451 e. The molecule has 0 aliphatic heterocycles. The van der Waals surface area contributed by atoms with Gasteiger partial charge in [-0.25, -0.2) is 13.6 Å². The van der Waals surface area contributed by atoms with E-state index >= 15 is 0 Å². The van der Waals surface area contributed by atoms with E-state index in [-0.39, 0.29) is 34.8 Å². The molecule has 0 fully saturated rings. The van der Waals surface area contributed by atoms with Crippen LogP contribution in [0.3, 0.4) is 0 Å². The predicted octanol–water partition coefficient (Wildman–Crippen LogP) is 3.15. The van der Waals surface area contributed by atoms with E-state index < -0.39 is 17.3 Å². The Morgan fingerprint density at radius 3 is 2.77 bits per heavy atom. The van der Waals surface area contributed by atoms with E-state index in [9.17, 15) is 13.6 Å². The maximum atomic E-state index is 13.9. The van der Waals surface area contributed by atoms with Gasteiger partial charge in [0, 0.05) is 0 Å². The van der Waals surface area contributed by atoms with Gasteiger partial charge in [-0.2, -0.15) is 14.6 Å². The Bertz CT molecular complexity index is 1080. The number of hydrogen-bond acceptors (Lipinski definition) is 4. The zero-order valence-electron chi connectivity index (χ0n) is 13.8. The SMILES string of the molecule is C#CCOc1nc2c(-c3cc(F)c(F)c(Cl)c3)c(C(C)C)nn2c(=O)[nH]1. The fraction of sp³-hybridized carbons (Fsp3) is 0.235. The van der Waals surface area contributed by atoms with Crippen LogP contribution in [0.1, 0.15) is 25.5 Å². The number of halogens is 3. The van der Waals surface area contributed by atoms with Crippen LogP contribution in [-0.4, -0.2) is 26.2 Å². The summed E-state index contributed by atoms with van der Waals surface area (Å²) < 4.78 is 33.6. The molecule has 2 aromatic heterocycles. The number of benzene rings is 1. The average Bonchev–Trinajstić information content (AvgIpc) is 2.97. The van der Waals surface area contributed by atoms with E-state index in [0.29, 0.717) is 11.3 Å². The van der Waals surface area contributed by atoms with E-state index in [1.165, 1.54) is 6.07 Å². The molecule has 6 nitrogen and oxygen atoms in total. The van der Waals surface area contributed by atoms with Crippen LogP contribution >= 0.6 is 11.6 Å². The van der Waals surface area contributed by atoms with Crippen LogP contribution in [0.4, 0.5) is 8.78 Å². The molecule has 2 heterocycles. The summed E-state index contributed by atoms with van der Waals surface area (Å²) in [6.45, 7) is 3.59. The highest BCUT2D eigenvalue weighted by Crippen LogP contribution is 2.34. The van der Waals surface area contributed by atoms with Crippen LogP contribution in [0.5, 0.6) is 6.01 Å². The van der Waals surface area contributed by atoms with Gasteiger partial charge in [0.05, 0.1) is 16.3 Å². The number of nitrogens with zero attached hydrogens (tertiary/aromatic N) is 3. The summed E-state index contributed by atoms with van der Waals surface area (Å²) in [5.74, 6) is -0.139. The van der Waals surface area contributed by atoms with E-state index in [1.54, 1.807) is 0 Å². The molecule has 0 saturated carbocycles. The Kier molecular flexibility index (Phi) is 4.66. The predicted molar refractivity (Wildman–Crippen MR) is 92.4 cm³/mol. The number of fused-ring (bicyclic) bond motifs is 1. The number of nitrogens with one attached hydrogen (secondary N) is 1. The minimum absolute atomic E-state index is 0.101. The lowest BCUT2D eigenvalue weighted by Crippen LogP contribution is -2.20. The first-order valence-electron chi connectivity index (χ1n) is 7.57. The van der Waals surface area contributed by atoms with Crippen LogP contribution in [0.25, 0.3) is 16.8 Å². The van der Waals surface area contributed by atoms with Crippen LogP contribution in [0.2, 0.25) is 5.02 Å². The number of aromatic nitrogens is 4. The van der Waals surface area contributed by atoms with Crippen molar-refractivity contribution in [2.24, 2.45) is 0 Å². The second-order valence-electron chi connectivity index (χ2n) is 5.74. The summed E-state index contributed by atoms with van der Waals surface area (Å²) in [5.41, 5.74) is 0.584. The van der Waals surface area contributed by atoms with Crippen LogP contribution < -0.4 is 10.4 Å². The van der Waals surface area contributed by atoms with Gasteiger partial charge in [-0.15, -0.1) is 6.42 Å². The topological polar surface area (TPSA) is 72.3 Å². The molecule has 0 radical (unpaired) electrons. The Labute approximate surface area is 151 Å². The highest BCUT2D eigenvalue weighted by Gasteiger charge is 2.23. The van der Waals surface area contributed by atoms with Crippen LogP contribution in [0.15, 0.2) is 16.9 Å². The first kappa shape index (κ1) is 17.9. The molecule has 3 aromatic rings. The lowest BCUT2D eigenvalue weighted by Gasteiger charge is -2.07. The monoisotopic (exact) mass is 378 g/mol. The lowest BCUT2D eigenvalue weighted by molar-refractivity contribution is 0.337. The number of terminal acetylenes is 1. The molecule has 0 aliphatic carbocycles. The molecular formula is C17H13ClF2N4O2. The van der Waals surface area contributed by atoms with Crippen molar-refractivity contribution in [3.8, 4) is 29.5 Å². The third-order valence-electron chi connectivity index (χ3n) is 3.61. The minimum atomic E-state index is -1.15. The molecule has 0 amide bonds. The van der Waals surface area contributed by atoms with Crippen molar-refractivity contribution in [1.29, 1.82) is 0 Å². The highest BCUT2D eigenvalue weighted by atomic mass is 35.5. The van der Waals surface area contributed by atoms with Crippen LogP contribution in [0, 0.1) is 24.0 Å². The molecule has 0 spiro atoms. The number of ether oxygens (including phenoxy) is 1. The first-order chi connectivity index (χ1) is 12.3.